The minimum atomic E-state index is 0.975. The minimum Gasteiger partial charge on any atom is -0.310 e. The second kappa shape index (κ2) is 6.16. The van der Waals surface area contributed by atoms with Crippen LogP contribution in [0.25, 0.3) is 11.3 Å². The number of aromatic nitrogens is 1. The molecule has 124 valence electrons. The first-order valence-corrected chi connectivity index (χ1v) is 8.87. The van der Waals surface area contributed by atoms with Gasteiger partial charge in [-0.15, -0.1) is 0 Å². The van der Waals surface area contributed by atoms with Gasteiger partial charge < -0.3 is 4.90 Å². The number of hydrogen-bond acceptors (Lipinski definition) is 2. The molecule has 2 heteroatoms. The average Bonchev–Trinajstić information content (AvgIpc) is 2.72. The molecule has 0 spiro atoms. The minimum absolute atomic E-state index is 0.975. The van der Waals surface area contributed by atoms with Gasteiger partial charge in [-0.3, -0.25) is 4.98 Å². The molecular weight excluding hydrogens is 316 g/mol. The lowest BCUT2D eigenvalue weighted by molar-refractivity contribution is 1.09. The fourth-order valence-electron chi connectivity index (χ4n) is 3.71. The van der Waals surface area contributed by atoms with Gasteiger partial charge in [0.15, 0.2) is 0 Å². The summed E-state index contributed by atoms with van der Waals surface area (Å²) in [6, 6.07) is 32.0. The molecule has 0 fully saturated rings. The normalized spacial score (nSPS) is 12.4. The van der Waals surface area contributed by atoms with Gasteiger partial charge in [0, 0.05) is 35.2 Å². The second-order valence-electron chi connectivity index (χ2n) is 6.53. The van der Waals surface area contributed by atoms with Crippen LogP contribution in [0.4, 0.5) is 17.1 Å². The van der Waals surface area contributed by atoms with Crippen LogP contribution in [0, 0.1) is 0 Å². The largest absolute Gasteiger partial charge is 0.310 e. The monoisotopic (exact) mass is 334 g/mol. The molecule has 5 rings (SSSR count). The summed E-state index contributed by atoms with van der Waals surface area (Å²) in [6.45, 7) is 0. The van der Waals surface area contributed by atoms with E-state index in [9.17, 15) is 0 Å². The molecule has 2 heterocycles. The van der Waals surface area contributed by atoms with Gasteiger partial charge in [0.1, 0.15) is 0 Å². The third-order valence-corrected chi connectivity index (χ3v) is 4.91. The van der Waals surface area contributed by atoms with E-state index >= 15 is 0 Å². The number of anilines is 3. The predicted molar refractivity (Wildman–Crippen MR) is 107 cm³/mol. The van der Waals surface area contributed by atoms with E-state index in [4.69, 9.17) is 0 Å². The van der Waals surface area contributed by atoms with E-state index in [2.05, 4.69) is 88.7 Å². The summed E-state index contributed by atoms with van der Waals surface area (Å²) in [4.78, 5) is 6.87. The maximum absolute atomic E-state index is 4.51. The van der Waals surface area contributed by atoms with E-state index in [1.807, 2.05) is 18.3 Å². The van der Waals surface area contributed by atoms with Crippen molar-refractivity contribution in [1.29, 1.82) is 0 Å². The Morgan fingerprint density at radius 3 is 2.04 bits per heavy atom. The first-order valence-electron chi connectivity index (χ1n) is 8.87. The van der Waals surface area contributed by atoms with Crippen molar-refractivity contribution in [2.75, 3.05) is 4.90 Å². The molecule has 0 atom stereocenters. The van der Waals surface area contributed by atoms with Crippen LogP contribution in [0.1, 0.15) is 11.1 Å². The lowest BCUT2D eigenvalue weighted by atomic mass is 9.95. The van der Waals surface area contributed by atoms with Crippen molar-refractivity contribution in [3.63, 3.8) is 0 Å². The molecule has 0 radical (unpaired) electrons. The first kappa shape index (κ1) is 14.9. The summed E-state index contributed by atoms with van der Waals surface area (Å²) in [5.74, 6) is 0. The highest BCUT2D eigenvalue weighted by Crippen LogP contribution is 2.44. The second-order valence-corrected chi connectivity index (χ2v) is 6.53. The molecule has 4 aromatic rings. The molecule has 0 saturated heterocycles. The van der Waals surface area contributed by atoms with E-state index in [1.165, 1.54) is 22.5 Å². The summed E-state index contributed by atoms with van der Waals surface area (Å²) < 4.78 is 0. The molecule has 1 aliphatic rings. The molecule has 0 bridgehead atoms. The number of hydrogen-bond donors (Lipinski definition) is 0. The van der Waals surface area contributed by atoms with Gasteiger partial charge in [-0.2, -0.15) is 0 Å². The summed E-state index contributed by atoms with van der Waals surface area (Å²) in [7, 11) is 0. The van der Waals surface area contributed by atoms with Crippen LogP contribution >= 0.6 is 0 Å². The van der Waals surface area contributed by atoms with Gasteiger partial charge in [-0.25, -0.2) is 0 Å². The zero-order chi connectivity index (χ0) is 17.3. The molecule has 1 aliphatic heterocycles. The zero-order valence-electron chi connectivity index (χ0n) is 14.3. The lowest BCUT2D eigenvalue weighted by Gasteiger charge is -2.33. The van der Waals surface area contributed by atoms with Crippen molar-refractivity contribution in [3.8, 4) is 11.3 Å². The molecule has 26 heavy (non-hydrogen) atoms. The van der Waals surface area contributed by atoms with Crippen LogP contribution in [-0.4, -0.2) is 4.98 Å². The van der Waals surface area contributed by atoms with Crippen molar-refractivity contribution < 1.29 is 0 Å². The van der Waals surface area contributed by atoms with Crippen LogP contribution in [0.3, 0.4) is 0 Å². The van der Waals surface area contributed by atoms with Crippen molar-refractivity contribution in [3.05, 3.63) is 108 Å². The third-order valence-electron chi connectivity index (χ3n) is 4.91. The molecule has 1 aromatic heterocycles. The van der Waals surface area contributed by atoms with Crippen molar-refractivity contribution in [1.82, 2.24) is 4.98 Å². The Hall–Kier alpha value is -3.39. The van der Waals surface area contributed by atoms with Gasteiger partial charge in [-0.05, 0) is 47.5 Å². The smallest absolute Gasteiger partial charge is 0.0702 e. The molecule has 0 aliphatic carbocycles. The number of pyridine rings is 1. The highest BCUT2D eigenvalue weighted by molar-refractivity contribution is 5.84. The van der Waals surface area contributed by atoms with Gasteiger partial charge in [0.2, 0.25) is 0 Å². The standard InChI is InChI=1S/C24H18N2/c1-3-13-23-19(8-1)16-20-9-2-4-14-24(20)26(23)21-11-7-10-18(17-21)22-12-5-6-15-25-22/h1-15,17H,16H2. The Morgan fingerprint density at radius 1 is 0.654 bits per heavy atom. The predicted octanol–water partition coefficient (Wildman–Crippen LogP) is 6.12. The molecule has 0 unspecified atom stereocenters. The van der Waals surface area contributed by atoms with E-state index in [1.54, 1.807) is 0 Å². The summed E-state index contributed by atoms with van der Waals surface area (Å²) in [6.07, 6.45) is 2.82. The fraction of sp³-hybridized carbons (Fsp3) is 0.0417. The van der Waals surface area contributed by atoms with Crippen LogP contribution < -0.4 is 4.90 Å². The summed E-state index contributed by atoms with van der Waals surface area (Å²) >= 11 is 0. The Labute approximate surface area is 153 Å². The molecule has 0 amide bonds. The maximum atomic E-state index is 4.51. The number of benzene rings is 3. The topological polar surface area (TPSA) is 16.1 Å². The zero-order valence-corrected chi connectivity index (χ0v) is 14.3. The quantitative estimate of drug-likeness (QED) is 0.386. The van der Waals surface area contributed by atoms with Crippen LogP contribution in [0.15, 0.2) is 97.2 Å². The van der Waals surface area contributed by atoms with Crippen LogP contribution in [0.2, 0.25) is 0 Å². The van der Waals surface area contributed by atoms with E-state index < -0.39 is 0 Å². The third kappa shape index (κ3) is 2.47. The summed E-state index contributed by atoms with van der Waals surface area (Å²) in [5, 5.41) is 0. The Morgan fingerprint density at radius 2 is 1.35 bits per heavy atom. The maximum Gasteiger partial charge on any atom is 0.0702 e. The van der Waals surface area contributed by atoms with Crippen molar-refractivity contribution >= 4 is 17.1 Å². The SMILES string of the molecule is c1ccc(-c2cccc(N3c4ccccc4Cc4ccccc43)c2)nc1. The number of fused-ring (bicyclic) bond motifs is 2. The van der Waals surface area contributed by atoms with Crippen molar-refractivity contribution in [2.24, 2.45) is 0 Å². The van der Waals surface area contributed by atoms with Gasteiger partial charge in [-0.1, -0.05) is 54.6 Å². The van der Waals surface area contributed by atoms with E-state index in [0.717, 1.165) is 23.4 Å². The van der Waals surface area contributed by atoms with E-state index in [-0.39, 0.29) is 0 Å². The molecular formula is C24H18N2. The molecule has 2 nitrogen and oxygen atoms in total. The lowest BCUT2D eigenvalue weighted by Crippen LogP contribution is -2.18. The van der Waals surface area contributed by atoms with Crippen molar-refractivity contribution in [2.45, 2.75) is 6.42 Å². The molecule has 3 aromatic carbocycles. The number of nitrogens with zero attached hydrogens (tertiary/aromatic N) is 2. The van der Waals surface area contributed by atoms with Gasteiger partial charge in [0.25, 0.3) is 0 Å². The highest BCUT2D eigenvalue weighted by atomic mass is 15.2. The fourth-order valence-corrected chi connectivity index (χ4v) is 3.71. The van der Waals surface area contributed by atoms with Crippen LogP contribution in [-0.2, 0) is 6.42 Å². The molecule has 0 saturated carbocycles. The number of rotatable bonds is 2. The number of para-hydroxylation sites is 2. The molecule has 0 N–H and O–H groups in total. The first-order chi connectivity index (χ1) is 12.9. The van der Waals surface area contributed by atoms with Gasteiger partial charge >= 0.3 is 0 Å². The van der Waals surface area contributed by atoms with Crippen LogP contribution in [0.5, 0.6) is 0 Å². The Balaban J connectivity index is 1.69. The summed E-state index contributed by atoms with van der Waals surface area (Å²) in [5.41, 5.74) is 8.50. The Bertz CT molecular complexity index is 1020. The van der Waals surface area contributed by atoms with Gasteiger partial charge in [0.05, 0.1) is 5.69 Å². The van der Waals surface area contributed by atoms with E-state index in [0.29, 0.717) is 0 Å². The average molecular weight is 334 g/mol. The highest BCUT2D eigenvalue weighted by Gasteiger charge is 2.23. The Kier molecular flexibility index (Phi) is 3.53.